The summed E-state index contributed by atoms with van der Waals surface area (Å²) >= 11 is 12.2. The van der Waals surface area contributed by atoms with Gasteiger partial charge in [0, 0.05) is 31.4 Å². The van der Waals surface area contributed by atoms with E-state index in [0.717, 1.165) is 61.3 Å². The van der Waals surface area contributed by atoms with Crippen molar-refractivity contribution in [3.8, 4) is 28.4 Å². The zero-order valence-electron chi connectivity index (χ0n) is 33.6. The molecule has 1 amide bonds. The van der Waals surface area contributed by atoms with Crippen LogP contribution in [0.4, 0.5) is 0 Å². The van der Waals surface area contributed by atoms with Crippen molar-refractivity contribution in [3.63, 3.8) is 0 Å². The molecule has 0 saturated carbocycles. The molecule has 6 aromatic rings. The Balaban J connectivity index is 0.974. The summed E-state index contributed by atoms with van der Waals surface area (Å²) in [6.07, 6.45) is 1.98. The summed E-state index contributed by atoms with van der Waals surface area (Å²) in [4.78, 5) is 33.4. The first kappa shape index (κ1) is 40.9. The standard InChI is InChI=1S/C49H45Cl2N3O6/c1-29-6-4-5-7-36(29)25-54-26-38-24-46-45(59-28-47(60-46)35-13-15-39(16-14-35)58-27-33-10-17-41(50)42(51)20-33)23-37(38)22-44(54)48(55)53-43(49(56)57)21-32-8-11-34(12-9-32)40-18-19-52-31(3)30(40)2/h4-20,23-24,43-44,47H,21-22,25-28H2,1-3H3,(H,53,55)(H,56,57)/t43-,44-,47+/m0/s1. The predicted molar refractivity (Wildman–Crippen MR) is 233 cm³/mol. The lowest BCUT2D eigenvalue weighted by molar-refractivity contribution is -0.142. The highest BCUT2D eigenvalue weighted by Gasteiger charge is 2.36. The maximum Gasteiger partial charge on any atom is 0.326 e. The molecule has 2 aliphatic heterocycles. The second kappa shape index (κ2) is 17.8. The summed E-state index contributed by atoms with van der Waals surface area (Å²) in [6.45, 7) is 7.70. The monoisotopic (exact) mass is 841 g/mol. The highest BCUT2D eigenvalue weighted by Crippen LogP contribution is 2.41. The van der Waals surface area contributed by atoms with Gasteiger partial charge < -0.3 is 24.6 Å². The molecule has 2 N–H and O–H groups in total. The minimum Gasteiger partial charge on any atom is -0.489 e. The van der Waals surface area contributed by atoms with E-state index in [9.17, 15) is 14.7 Å². The molecular weight excluding hydrogens is 797 g/mol. The Hall–Kier alpha value is -5.87. The number of aryl methyl sites for hydroxylation is 2. The fourth-order valence-electron chi connectivity index (χ4n) is 7.85. The third kappa shape index (κ3) is 9.14. The van der Waals surface area contributed by atoms with Gasteiger partial charge in [-0.25, -0.2) is 4.79 Å². The average Bonchev–Trinajstić information content (AvgIpc) is 3.25. The van der Waals surface area contributed by atoms with Gasteiger partial charge >= 0.3 is 5.97 Å². The molecule has 11 heteroatoms. The highest BCUT2D eigenvalue weighted by molar-refractivity contribution is 6.42. The number of aromatic nitrogens is 1. The lowest BCUT2D eigenvalue weighted by atomic mass is 9.91. The van der Waals surface area contributed by atoms with Gasteiger partial charge in [0.1, 0.15) is 25.0 Å². The fourth-order valence-corrected chi connectivity index (χ4v) is 8.17. The maximum absolute atomic E-state index is 14.3. The van der Waals surface area contributed by atoms with Gasteiger partial charge in [-0.1, -0.05) is 89.9 Å². The van der Waals surface area contributed by atoms with Crippen molar-refractivity contribution in [2.24, 2.45) is 0 Å². The molecule has 306 valence electrons. The maximum atomic E-state index is 14.3. The van der Waals surface area contributed by atoms with Crippen LogP contribution in [0, 0.1) is 20.8 Å². The normalized spacial score (nSPS) is 16.4. The van der Waals surface area contributed by atoms with E-state index >= 15 is 0 Å². The number of carbonyl (C=O) groups is 2. The molecule has 2 aliphatic rings. The zero-order valence-corrected chi connectivity index (χ0v) is 35.1. The molecule has 3 heterocycles. The number of rotatable bonds is 12. The molecule has 0 aliphatic carbocycles. The van der Waals surface area contributed by atoms with Gasteiger partial charge in [0.05, 0.1) is 16.1 Å². The largest absolute Gasteiger partial charge is 0.489 e. The minimum atomic E-state index is -1.12. The van der Waals surface area contributed by atoms with E-state index in [1.807, 2.05) is 98.8 Å². The van der Waals surface area contributed by atoms with Crippen LogP contribution in [-0.2, 0) is 42.1 Å². The molecule has 3 atom stereocenters. The number of hydrogen-bond acceptors (Lipinski definition) is 7. The SMILES string of the molecule is Cc1ccccc1CN1Cc2cc3c(cc2C[C@H]1C(=O)N[C@@H](Cc1ccc(-c2ccnc(C)c2C)cc1)C(=O)O)OC[C@H](c1ccc(OCc2ccc(Cl)c(Cl)c2)cc1)O3. The molecule has 60 heavy (non-hydrogen) atoms. The van der Waals surface area contributed by atoms with Crippen LogP contribution < -0.4 is 19.5 Å². The molecule has 0 fully saturated rings. The quantitative estimate of drug-likeness (QED) is 0.125. The first-order valence-corrected chi connectivity index (χ1v) is 20.7. The van der Waals surface area contributed by atoms with E-state index in [4.69, 9.17) is 37.4 Å². The van der Waals surface area contributed by atoms with Gasteiger partial charge in [-0.3, -0.25) is 14.7 Å². The van der Waals surface area contributed by atoms with Crippen molar-refractivity contribution in [2.45, 2.75) is 71.5 Å². The molecule has 0 saturated heterocycles. The molecular formula is C49H45Cl2N3O6. The molecule has 0 radical (unpaired) electrons. The molecule has 9 nitrogen and oxygen atoms in total. The zero-order chi connectivity index (χ0) is 41.9. The van der Waals surface area contributed by atoms with Crippen molar-refractivity contribution in [3.05, 3.63) is 176 Å². The molecule has 0 spiro atoms. The summed E-state index contributed by atoms with van der Waals surface area (Å²) < 4.78 is 18.8. The summed E-state index contributed by atoms with van der Waals surface area (Å²) in [6, 6.07) is 33.3. The number of carbonyl (C=O) groups excluding carboxylic acids is 1. The summed E-state index contributed by atoms with van der Waals surface area (Å²) in [5, 5.41) is 14.2. The molecule has 0 bridgehead atoms. The average molecular weight is 843 g/mol. The summed E-state index contributed by atoms with van der Waals surface area (Å²) in [5.41, 5.74) is 11.0. The van der Waals surface area contributed by atoms with E-state index in [-0.39, 0.29) is 18.4 Å². The number of nitrogens with one attached hydrogen (secondary N) is 1. The van der Waals surface area contributed by atoms with Crippen molar-refractivity contribution in [1.29, 1.82) is 0 Å². The van der Waals surface area contributed by atoms with Crippen molar-refractivity contribution in [2.75, 3.05) is 6.61 Å². The number of hydrogen-bond donors (Lipinski definition) is 2. The third-order valence-corrected chi connectivity index (χ3v) is 12.2. The van der Waals surface area contributed by atoms with E-state index in [0.29, 0.717) is 60.0 Å². The number of fused-ring (bicyclic) bond motifs is 2. The lowest BCUT2D eigenvalue weighted by Crippen LogP contribution is -2.54. The third-order valence-electron chi connectivity index (χ3n) is 11.5. The summed E-state index contributed by atoms with van der Waals surface area (Å²) in [5.74, 6) is 0.533. The number of carboxylic acids is 1. The van der Waals surface area contributed by atoms with Crippen LogP contribution in [0.1, 0.15) is 56.3 Å². The van der Waals surface area contributed by atoms with Gasteiger partial charge in [-0.05, 0) is 125 Å². The molecule has 1 aromatic heterocycles. The van der Waals surface area contributed by atoms with Crippen LogP contribution in [-0.4, -0.2) is 45.6 Å². The Bertz CT molecular complexity index is 2550. The van der Waals surface area contributed by atoms with Crippen molar-refractivity contribution >= 4 is 35.1 Å². The number of carboxylic acid groups (broad SMARTS) is 1. The van der Waals surface area contributed by atoms with Gasteiger partial charge in [0.25, 0.3) is 0 Å². The molecule has 0 unspecified atom stereocenters. The minimum absolute atomic E-state index is 0.144. The van der Waals surface area contributed by atoms with Crippen LogP contribution in [0.15, 0.2) is 115 Å². The number of benzene rings is 5. The van der Waals surface area contributed by atoms with Gasteiger partial charge in [0.2, 0.25) is 5.91 Å². The van der Waals surface area contributed by atoms with E-state index in [1.54, 1.807) is 18.3 Å². The number of ether oxygens (including phenoxy) is 3. The van der Waals surface area contributed by atoms with Crippen LogP contribution in [0.3, 0.4) is 0 Å². The lowest BCUT2D eigenvalue weighted by Gasteiger charge is -2.38. The van der Waals surface area contributed by atoms with Gasteiger partial charge in [-0.15, -0.1) is 0 Å². The topological polar surface area (TPSA) is 110 Å². The van der Waals surface area contributed by atoms with Crippen molar-refractivity contribution in [1.82, 2.24) is 15.2 Å². The van der Waals surface area contributed by atoms with E-state index in [2.05, 4.69) is 34.3 Å². The summed E-state index contributed by atoms with van der Waals surface area (Å²) in [7, 11) is 0. The fraction of sp³-hybridized carbons (Fsp3) is 0.245. The number of aliphatic carboxylic acids is 1. The molecule has 5 aromatic carbocycles. The Morgan fingerprint density at radius 3 is 2.38 bits per heavy atom. The van der Waals surface area contributed by atoms with Crippen LogP contribution >= 0.6 is 23.2 Å². The Morgan fingerprint density at radius 1 is 0.883 bits per heavy atom. The van der Waals surface area contributed by atoms with Crippen LogP contribution in [0.25, 0.3) is 11.1 Å². The molecule has 8 rings (SSSR count). The van der Waals surface area contributed by atoms with Crippen molar-refractivity contribution < 1.29 is 28.9 Å². The van der Waals surface area contributed by atoms with Gasteiger partial charge in [0.15, 0.2) is 17.6 Å². The Kier molecular flexibility index (Phi) is 12.1. The number of halogens is 2. The van der Waals surface area contributed by atoms with E-state index < -0.39 is 18.1 Å². The van der Waals surface area contributed by atoms with Gasteiger partial charge in [-0.2, -0.15) is 0 Å². The number of pyridine rings is 1. The first-order valence-electron chi connectivity index (χ1n) is 19.9. The first-order chi connectivity index (χ1) is 29.0. The Morgan fingerprint density at radius 2 is 1.63 bits per heavy atom. The van der Waals surface area contributed by atoms with E-state index in [1.165, 1.54) is 0 Å². The second-order valence-corrected chi connectivity index (χ2v) is 16.3. The highest BCUT2D eigenvalue weighted by atomic mass is 35.5. The predicted octanol–water partition coefficient (Wildman–Crippen LogP) is 9.81. The smallest absolute Gasteiger partial charge is 0.326 e. The number of nitrogens with zero attached hydrogens (tertiary/aromatic N) is 2. The second-order valence-electron chi connectivity index (χ2n) is 15.5. The number of amides is 1. The van der Waals surface area contributed by atoms with Crippen LogP contribution in [0.2, 0.25) is 10.0 Å². The Labute approximate surface area is 359 Å². The van der Waals surface area contributed by atoms with Crippen LogP contribution in [0.5, 0.6) is 17.2 Å².